The highest BCUT2D eigenvalue weighted by Crippen LogP contribution is 2.36. The van der Waals surface area contributed by atoms with E-state index >= 15 is 0 Å². The Morgan fingerprint density at radius 3 is 2.44 bits per heavy atom. The number of rotatable bonds is 4. The summed E-state index contributed by atoms with van der Waals surface area (Å²) in [6.45, 7) is 2.76. The fraction of sp³-hybridized carbons (Fsp3) is 0.429. The summed E-state index contributed by atoms with van der Waals surface area (Å²) in [4.78, 5) is 0. The van der Waals surface area contributed by atoms with Crippen LogP contribution in [0.1, 0.15) is 39.0 Å². The van der Waals surface area contributed by atoms with E-state index in [0.717, 1.165) is 18.8 Å². The zero-order valence-electron chi connectivity index (χ0n) is 14.4. The predicted molar refractivity (Wildman–Crippen MR) is 94.9 cm³/mol. The number of hydrogen-bond acceptors (Lipinski definition) is 2. The molecule has 1 aromatic heterocycles. The molecule has 0 aliphatic heterocycles. The van der Waals surface area contributed by atoms with E-state index in [1.165, 1.54) is 25.3 Å². The highest BCUT2D eigenvalue weighted by Gasteiger charge is 2.22. The second kappa shape index (κ2) is 6.66. The van der Waals surface area contributed by atoms with E-state index in [1.807, 2.05) is 0 Å². The van der Waals surface area contributed by atoms with E-state index in [4.69, 9.17) is 9.15 Å². The van der Waals surface area contributed by atoms with Crippen molar-refractivity contribution in [3.8, 4) is 5.75 Å². The molecule has 0 spiro atoms. The van der Waals surface area contributed by atoms with Gasteiger partial charge in [0.25, 0.3) is 0 Å². The molecule has 25 heavy (non-hydrogen) atoms. The Morgan fingerprint density at radius 1 is 0.960 bits per heavy atom. The number of fused-ring (bicyclic) bond motifs is 3. The van der Waals surface area contributed by atoms with Crippen LogP contribution in [0.25, 0.3) is 21.9 Å². The molecule has 4 heteroatoms. The van der Waals surface area contributed by atoms with E-state index in [2.05, 4.69) is 6.92 Å². The molecule has 1 fully saturated rings. The van der Waals surface area contributed by atoms with E-state index in [-0.39, 0.29) is 16.9 Å². The minimum Gasteiger partial charge on any atom is -0.490 e. The summed E-state index contributed by atoms with van der Waals surface area (Å²) in [5.41, 5.74) is 0.152. The number of halogens is 2. The number of para-hydroxylation sites is 1. The number of hydrogen-bond donors (Lipinski definition) is 0. The van der Waals surface area contributed by atoms with Gasteiger partial charge in [-0.1, -0.05) is 38.3 Å². The van der Waals surface area contributed by atoms with Gasteiger partial charge in [0, 0.05) is 10.8 Å². The van der Waals surface area contributed by atoms with Gasteiger partial charge >= 0.3 is 0 Å². The van der Waals surface area contributed by atoms with Crippen LogP contribution in [0, 0.1) is 23.5 Å². The predicted octanol–water partition coefficient (Wildman–Crippen LogP) is 6.46. The highest BCUT2D eigenvalue weighted by atomic mass is 19.1. The summed E-state index contributed by atoms with van der Waals surface area (Å²) < 4.78 is 39.8. The molecule has 2 nitrogen and oxygen atoms in total. The summed E-state index contributed by atoms with van der Waals surface area (Å²) in [5.74, 6) is 0.462. The fourth-order valence-electron chi connectivity index (χ4n) is 3.90. The van der Waals surface area contributed by atoms with Crippen LogP contribution in [0.3, 0.4) is 0 Å². The van der Waals surface area contributed by atoms with Gasteiger partial charge in [0.2, 0.25) is 5.82 Å². The maximum atomic E-state index is 14.8. The van der Waals surface area contributed by atoms with E-state index < -0.39 is 11.6 Å². The molecule has 0 saturated heterocycles. The van der Waals surface area contributed by atoms with Gasteiger partial charge < -0.3 is 9.15 Å². The van der Waals surface area contributed by atoms with Gasteiger partial charge in [0.05, 0.1) is 6.61 Å². The molecule has 2 aromatic carbocycles. The third-order valence-electron chi connectivity index (χ3n) is 5.54. The lowest BCUT2D eigenvalue weighted by molar-refractivity contribution is 0.177. The van der Waals surface area contributed by atoms with Crippen molar-refractivity contribution in [1.29, 1.82) is 0 Å². The van der Waals surface area contributed by atoms with Crippen molar-refractivity contribution in [2.24, 2.45) is 11.8 Å². The topological polar surface area (TPSA) is 22.4 Å². The number of furan rings is 1. The Labute approximate surface area is 145 Å². The normalized spacial score (nSPS) is 21.1. The average Bonchev–Trinajstić information content (AvgIpc) is 3.03. The van der Waals surface area contributed by atoms with Crippen LogP contribution in [0.5, 0.6) is 5.75 Å². The molecule has 0 atom stereocenters. The minimum absolute atomic E-state index is 0.0623. The van der Waals surface area contributed by atoms with Gasteiger partial charge in [-0.2, -0.15) is 4.39 Å². The lowest BCUT2D eigenvalue weighted by atomic mass is 9.81. The second-order valence-electron chi connectivity index (χ2n) is 7.08. The second-order valence-corrected chi connectivity index (χ2v) is 7.08. The van der Waals surface area contributed by atoms with Crippen molar-refractivity contribution in [3.05, 3.63) is 42.0 Å². The Kier molecular flexibility index (Phi) is 4.36. The van der Waals surface area contributed by atoms with Crippen molar-refractivity contribution >= 4 is 21.9 Å². The largest absolute Gasteiger partial charge is 0.490 e. The zero-order valence-corrected chi connectivity index (χ0v) is 14.4. The van der Waals surface area contributed by atoms with Gasteiger partial charge in [-0.3, -0.25) is 0 Å². The van der Waals surface area contributed by atoms with Gasteiger partial charge in [-0.15, -0.1) is 0 Å². The molecule has 4 rings (SSSR count). The Morgan fingerprint density at radius 2 is 1.68 bits per heavy atom. The lowest BCUT2D eigenvalue weighted by Crippen LogP contribution is -2.20. The summed E-state index contributed by atoms with van der Waals surface area (Å²) >= 11 is 0. The van der Waals surface area contributed by atoms with Gasteiger partial charge in [0.1, 0.15) is 0 Å². The molecule has 1 aliphatic carbocycles. The molecule has 0 amide bonds. The highest BCUT2D eigenvalue weighted by molar-refractivity contribution is 6.05. The van der Waals surface area contributed by atoms with Crippen LogP contribution < -0.4 is 4.74 Å². The lowest BCUT2D eigenvalue weighted by Gasteiger charge is -2.27. The SMILES string of the molecule is CCC1CCC(COc2ccc3c(oc4c(F)cccc43)c2F)CC1. The maximum Gasteiger partial charge on any atom is 0.208 e. The van der Waals surface area contributed by atoms with Crippen LogP contribution in [-0.2, 0) is 0 Å². The number of ether oxygens (including phenoxy) is 1. The Bertz CT molecular complexity index is 892. The summed E-state index contributed by atoms with van der Waals surface area (Å²) in [6.07, 6.45) is 5.97. The van der Waals surface area contributed by atoms with E-state index in [0.29, 0.717) is 23.3 Å². The quantitative estimate of drug-likeness (QED) is 0.542. The molecule has 0 radical (unpaired) electrons. The van der Waals surface area contributed by atoms with Crippen molar-refractivity contribution < 1.29 is 17.9 Å². The van der Waals surface area contributed by atoms with Crippen LogP contribution in [-0.4, -0.2) is 6.61 Å². The molecule has 1 saturated carbocycles. The summed E-state index contributed by atoms with van der Waals surface area (Å²) in [6, 6.07) is 8.01. The van der Waals surface area contributed by atoms with Crippen LogP contribution in [0.15, 0.2) is 34.7 Å². The standard InChI is InChI=1S/C21H22F2O2/c1-2-13-6-8-14(9-7-13)12-24-18-11-10-16-15-4-3-5-17(22)20(15)25-21(16)19(18)23/h3-5,10-11,13-14H,2,6-9,12H2,1H3. The summed E-state index contributed by atoms with van der Waals surface area (Å²) in [5, 5.41) is 1.15. The maximum absolute atomic E-state index is 14.8. The van der Waals surface area contributed by atoms with Crippen LogP contribution >= 0.6 is 0 Å². The molecule has 0 N–H and O–H groups in total. The van der Waals surface area contributed by atoms with Gasteiger partial charge in [0.15, 0.2) is 22.7 Å². The minimum atomic E-state index is -0.546. The third-order valence-corrected chi connectivity index (χ3v) is 5.54. The number of benzene rings is 2. The molecule has 1 heterocycles. The van der Waals surface area contributed by atoms with Gasteiger partial charge in [-0.25, -0.2) is 4.39 Å². The monoisotopic (exact) mass is 344 g/mol. The zero-order chi connectivity index (χ0) is 17.4. The summed E-state index contributed by atoms with van der Waals surface area (Å²) in [7, 11) is 0. The first kappa shape index (κ1) is 16.4. The Balaban J connectivity index is 1.56. The van der Waals surface area contributed by atoms with Gasteiger partial charge in [-0.05, 0) is 42.9 Å². The van der Waals surface area contributed by atoms with Crippen LogP contribution in [0.2, 0.25) is 0 Å². The average molecular weight is 344 g/mol. The van der Waals surface area contributed by atoms with Crippen molar-refractivity contribution in [2.75, 3.05) is 6.61 Å². The Hall–Kier alpha value is -2.10. The molecular weight excluding hydrogens is 322 g/mol. The first-order chi connectivity index (χ1) is 12.2. The molecule has 132 valence electrons. The smallest absolute Gasteiger partial charge is 0.208 e. The molecule has 1 aliphatic rings. The van der Waals surface area contributed by atoms with E-state index in [1.54, 1.807) is 24.3 Å². The van der Waals surface area contributed by atoms with Crippen molar-refractivity contribution in [2.45, 2.75) is 39.0 Å². The van der Waals surface area contributed by atoms with Crippen molar-refractivity contribution in [3.63, 3.8) is 0 Å². The molecule has 3 aromatic rings. The molecule has 0 bridgehead atoms. The van der Waals surface area contributed by atoms with Crippen LogP contribution in [0.4, 0.5) is 8.78 Å². The first-order valence-electron chi connectivity index (χ1n) is 9.09. The molecule has 0 unspecified atom stereocenters. The van der Waals surface area contributed by atoms with E-state index in [9.17, 15) is 8.78 Å². The molecular formula is C21H22F2O2. The first-order valence-corrected chi connectivity index (χ1v) is 9.09. The van der Waals surface area contributed by atoms with Crippen molar-refractivity contribution in [1.82, 2.24) is 0 Å². The fourth-order valence-corrected chi connectivity index (χ4v) is 3.90. The third kappa shape index (κ3) is 2.99.